The smallest absolute Gasteiger partial charge is 0.261 e. The second-order valence-electron chi connectivity index (χ2n) is 6.62. The monoisotopic (exact) mass is 440 g/mol. The third kappa shape index (κ3) is 5.99. The maximum absolute atomic E-state index is 12.5. The Bertz CT molecular complexity index is 1130. The van der Waals surface area contributed by atoms with Crippen LogP contribution >= 0.6 is 0 Å². The SMILES string of the molecule is CCOc1cccc(CNC(=O)c2ccc(NS(=O)(=O)c3ccc(OC)cc3)cc2)c1. The van der Waals surface area contributed by atoms with Gasteiger partial charge < -0.3 is 14.8 Å². The van der Waals surface area contributed by atoms with Crippen molar-refractivity contribution in [2.24, 2.45) is 0 Å². The van der Waals surface area contributed by atoms with E-state index in [1.807, 2.05) is 31.2 Å². The summed E-state index contributed by atoms with van der Waals surface area (Å²) in [6.45, 7) is 2.84. The van der Waals surface area contributed by atoms with E-state index in [1.54, 1.807) is 36.4 Å². The number of carbonyl (C=O) groups excluding carboxylic acids is 1. The van der Waals surface area contributed by atoms with Crippen molar-refractivity contribution < 1.29 is 22.7 Å². The van der Waals surface area contributed by atoms with Gasteiger partial charge in [-0.25, -0.2) is 8.42 Å². The molecule has 162 valence electrons. The van der Waals surface area contributed by atoms with Gasteiger partial charge in [0.1, 0.15) is 11.5 Å². The van der Waals surface area contributed by atoms with E-state index < -0.39 is 10.0 Å². The summed E-state index contributed by atoms with van der Waals surface area (Å²) >= 11 is 0. The Balaban J connectivity index is 1.61. The number of methoxy groups -OCH3 is 1. The molecule has 2 N–H and O–H groups in total. The zero-order chi connectivity index (χ0) is 22.3. The molecule has 0 heterocycles. The zero-order valence-corrected chi connectivity index (χ0v) is 18.1. The number of rotatable bonds is 9. The highest BCUT2D eigenvalue weighted by atomic mass is 32.2. The van der Waals surface area contributed by atoms with Gasteiger partial charge in [-0.15, -0.1) is 0 Å². The Morgan fingerprint density at radius 3 is 2.29 bits per heavy atom. The number of sulfonamides is 1. The first-order chi connectivity index (χ1) is 14.9. The molecule has 0 radical (unpaired) electrons. The first kappa shape index (κ1) is 22.2. The number of benzene rings is 3. The van der Waals surface area contributed by atoms with Crippen LogP contribution in [-0.2, 0) is 16.6 Å². The number of anilines is 1. The minimum Gasteiger partial charge on any atom is -0.497 e. The summed E-state index contributed by atoms with van der Waals surface area (Å²) in [5.74, 6) is 1.06. The highest BCUT2D eigenvalue weighted by Gasteiger charge is 2.14. The van der Waals surface area contributed by atoms with Crippen LogP contribution < -0.4 is 19.5 Å². The van der Waals surface area contributed by atoms with E-state index in [-0.39, 0.29) is 10.8 Å². The van der Waals surface area contributed by atoms with Crippen molar-refractivity contribution in [3.63, 3.8) is 0 Å². The molecular weight excluding hydrogens is 416 g/mol. The number of hydrogen-bond donors (Lipinski definition) is 2. The third-order valence-corrected chi connectivity index (χ3v) is 5.83. The van der Waals surface area contributed by atoms with Crippen molar-refractivity contribution in [1.29, 1.82) is 0 Å². The maximum atomic E-state index is 12.5. The quantitative estimate of drug-likeness (QED) is 0.528. The van der Waals surface area contributed by atoms with Crippen LogP contribution in [0.3, 0.4) is 0 Å². The topological polar surface area (TPSA) is 93.7 Å². The number of carbonyl (C=O) groups is 1. The molecule has 3 rings (SSSR count). The van der Waals surface area contributed by atoms with Crippen LogP contribution in [0.1, 0.15) is 22.8 Å². The van der Waals surface area contributed by atoms with E-state index in [0.717, 1.165) is 11.3 Å². The molecule has 0 bridgehead atoms. The van der Waals surface area contributed by atoms with Crippen LogP contribution in [0.15, 0.2) is 77.7 Å². The highest BCUT2D eigenvalue weighted by Crippen LogP contribution is 2.19. The first-order valence-corrected chi connectivity index (χ1v) is 11.2. The number of nitrogens with one attached hydrogen (secondary N) is 2. The molecule has 0 fully saturated rings. The average Bonchev–Trinajstić information content (AvgIpc) is 2.78. The van der Waals surface area contributed by atoms with Crippen LogP contribution in [0.2, 0.25) is 0 Å². The highest BCUT2D eigenvalue weighted by molar-refractivity contribution is 7.92. The van der Waals surface area contributed by atoms with Crippen LogP contribution in [0, 0.1) is 0 Å². The molecule has 0 aliphatic heterocycles. The van der Waals surface area contributed by atoms with E-state index in [4.69, 9.17) is 9.47 Å². The van der Waals surface area contributed by atoms with E-state index >= 15 is 0 Å². The molecule has 0 unspecified atom stereocenters. The van der Waals surface area contributed by atoms with Gasteiger partial charge in [-0.2, -0.15) is 0 Å². The van der Waals surface area contributed by atoms with E-state index in [0.29, 0.717) is 30.2 Å². The molecule has 8 heteroatoms. The molecule has 0 saturated carbocycles. The Labute approximate surface area is 182 Å². The zero-order valence-electron chi connectivity index (χ0n) is 17.3. The summed E-state index contributed by atoms with van der Waals surface area (Å²) in [7, 11) is -2.23. The van der Waals surface area contributed by atoms with Crippen LogP contribution in [0.5, 0.6) is 11.5 Å². The van der Waals surface area contributed by atoms with Gasteiger partial charge >= 0.3 is 0 Å². The minimum absolute atomic E-state index is 0.115. The Morgan fingerprint density at radius 2 is 1.65 bits per heavy atom. The maximum Gasteiger partial charge on any atom is 0.261 e. The first-order valence-electron chi connectivity index (χ1n) is 9.68. The van der Waals surface area contributed by atoms with Crippen molar-refractivity contribution >= 4 is 21.6 Å². The Morgan fingerprint density at radius 1 is 0.935 bits per heavy atom. The number of hydrogen-bond acceptors (Lipinski definition) is 5. The molecule has 0 saturated heterocycles. The lowest BCUT2D eigenvalue weighted by Gasteiger charge is -2.10. The van der Waals surface area contributed by atoms with Gasteiger partial charge in [0.2, 0.25) is 0 Å². The summed E-state index contributed by atoms with van der Waals surface area (Å²) in [6.07, 6.45) is 0. The van der Waals surface area contributed by atoms with Gasteiger partial charge in [0.15, 0.2) is 0 Å². The fourth-order valence-corrected chi connectivity index (χ4v) is 3.91. The molecule has 0 atom stereocenters. The van der Waals surface area contributed by atoms with E-state index in [2.05, 4.69) is 10.0 Å². The van der Waals surface area contributed by atoms with Gasteiger partial charge in [-0.05, 0) is 73.2 Å². The fraction of sp³-hybridized carbons (Fsp3) is 0.174. The summed E-state index contributed by atoms with van der Waals surface area (Å²) in [4.78, 5) is 12.5. The molecule has 1 amide bonds. The van der Waals surface area contributed by atoms with Gasteiger partial charge in [-0.1, -0.05) is 12.1 Å². The van der Waals surface area contributed by atoms with Crippen molar-refractivity contribution in [3.8, 4) is 11.5 Å². The largest absolute Gasteiger partial charge is 0.497 e. The fourth-order valence-electron chi connectivity index (χ4n) is 2.85. The summed E-state index contributed by atoms with van der Waals surface area (Å²) < 4.78 is 38.0. The van der Waals surface area contributed by atoms with Gasteiger partial charge in [-0.3, -0.25) is 9.52 Å². The van der Waals surface area contributed by atoms with Gasteiger partial charge in [0.05, 0.1) is 18.6 Å². The number of ether oxygens (including phenoxy) is 2. The molecule has 0 aliphatic carbocycles. The predicted molar refractivity (Wildman–Crippen MR) is 119 cm³/mol. The molecule has 3 aromatic rings. The van der Waals surface area contributed by atoms with Crippen LogP contribution in [0.25, 0.3) is 0 Å². The molecule has 3 aromatic carbocycles. The summed E-state index contributed by atoms with van der Waals surface area (Å²) in [6, 6.07) is 19.8. The van der Waals surface area contributed by atoms with E-state index in [1.165, 1.54) is 19.2 Å². The minimum atomic E-state index is -3.74. The molecule has 0 aromatic heterocycles. The summed E-state index contributed by atoms with van der Waals surface area (Å²) in [5, 5.41) is 2.84. The third-order valence-electron chi connectivity index (χ3n) is 4.43. The Hall–Kier alpha value is -3.52. The van der Waals surface area contributed by atoms with Gasteiger partial charge in [0.25, 0.3) is 15.9 Å². The molecular formula is C23H24N2O5S. The van der Waals surface area contributed by atoms with Crippen molar-refractivity contribution in [2.45, 2.75) is 18.4 Å². The Kier molecular flexibility index (Phi) is 7.15. The standard InChI is InChI=1S/C23H24N2O5S/c1-3-30-21-6-4-5-17(15-21)16-24-23(26)18-7-9-19(10-8-18)25-31(27,28)22-13-11-20(29-2)12-14-22/h4-15,25H,3,16H2,1-2H3,(H,24,26). The molecule has 7 nitrogen and oxygen atoms in total. The van der Waals surface area contributed by atoms with Gasteiger partial charge in [0, 0.05) is 17.8 Å². The van der Waals surface area contributed by atoms with Crippen molar-refractivity contribution in [3.05, 3.63) is 83.9 Å². The second kappa shape index (κ2) is 9.99. The summed E-state index contributed by atoms with van der Waals surface area (Å²) in [5.41, 5.74) is 1.70. The predicted octanol–water partition coefficient (Wildman–Crippen LogP) is 3.82. The average molecular weight is 441 g/mol. The van der Waals surface area contributed by atoms with Crippen molar-refractivity contribution in [1.82, 2.24) is 5.32 Å². The van der Waals surface area contributed by atoms with Crippen molar-refractivity contribution in [2.75, 3.05) is 18.4 Å². The second-order valence-corrected chi connectivity index (χ2v) is 8.30. The lowest BCUT2D eigenvalue weighted by Crippen LogP contribution is -2.22. The molecule has 0 aliphatic rings. The normalized spacial score (nSPS) is 10.9. The van der Waals surface area contributed by atoms with E-state index in [9.17, 15) is 13.2 Å². The lowest BCUT2D eigenvalue weighted by molar-refractivity contribution is 0.0951. The number of amides is 1. The van der Waals surface area contributed by atoms with Crippen LogP contribution in [0.4, 0.5) is 5.69 Å². The van der Waals surface area contributed by atoms with Crippen LogP contribution in [-0.4, -0.2) is 28.0 Å². The molecule has 31 heavy (non-hydrogen) atoms. The molecule has 0 spiro atoms. The lowest BCUT2D eigenvalue weighted by atomic mass is 10.1.